The van der Waals surface area contributed by atoms with Crippen LogP contribution >= 0.6 is 24.8 Å². The fourth-order valence-electron chi connectivity index (χ4n) is 3.01. The SMILES string of the molecule is Cl.Cl.Nc1ccc(C(=O)NC2CN3CCC2CC3)cc1. The number of carbonyl (C=O) groups excluding carboxylic acids is 1. The highest BCUT2D eigenvalue weighted by Crippen LogP contribution is 2.27. The number of nitrogens with one attached hydrogen (secondary N) is 1. The maximum absolute atomic E-state index is 12.1. The fourth-order valence-corrected chi connectivity index (χ4v) is 3.01. The molecule has 3 saturated heterocycles. The normalized spacial score (nSPS) is 27.1. The lowest BCUT2D eigenvalue weighted by Gasteiger charge is -2.44. The molecule has 1 amide bonds. The van der Waals surface area contributed by atoms with Crippen molar-refractivity contribution in [2.75, 3.05) is 25.4 Å². The highest BCUT2D eigenvalue weighted by Gasteiger charge is 2.34. The van der Waals surface area contributed by atoms with Crippen molar-refractivity contribution in [3.8, 4) is 0 Å². The van der Waals surface area contributed by atoms with Crippen molar-refractivity contribution in [2.24, 2.45) is 5.92 Å². The average Bonchev–Trinajstić information content (AvgIpc) is 2.41. The molecule has 1 aromatic rings. The Hall–Kier alpha value is -0.970. The van der Waals surface area contributed by atoms with Crippen LogP contribution < -0.4 is 11.1 Å². The van der Waals surface area contributed by atoms with Gasteiger partial charge in [0.05, 0.1) is 0 Å². The van der Waals surface area contributed by atoms with Gasteiger partial charge in [0.1, 0.15) is 0 Å². The number of anilines is 1. The molecule has 3 aliphatic rings. The number of amides is 1. The van der Waals surface area contributed by atoms with Gasteiger partial charge >= 0.3 is 0 Å². The van der Waals surface area contributed by atoms with Crippen LogP contribution in [-0.4, -0.2) is 36.5 Å². The van der Waals surface area contributed by atoms with E-state index in [2.05, 4.69) is 10.2 Å². The fraction of sp³-hybridized carbons (Fsp3) is 0.500. The predicted octanol–water partition coefficient (Wildman–Crippen LogP) is 1.94. The zero-order valence-electron chi connectivity index (χ0n) is 11.2. The van der Waals surface area contributed by atoms with Crippen molar-refractivity contribution < 1.29 is 4.79 Å². The van der Waals surface area contributed by atoms with Crippen LogP contribution in [0.4, 0.5) is 5.69 Å². The van der Waals surface area contributed by atoms with E-state index in [4.69, 9.17) is 5.73 Å². The minimum atomic E-state index is 0. The maximum atomic E-state index is 12.1. The van der Waals surface area contributed by atoms with E-state index in [-0.39, 0.29) is 30.7 Å². The number of halogens is 2. The molecule has 2 bridgehead atoms. The lowest BCUT2D eigenvalue weighted by Crippen LogP contribution is -2.57. The Morgan fingerprint density at radius 1 is 1.15 bits per heavy atom. The molecule has 3 aliphatic heterocycles. The van der Waals surface area contributed by atoms with Gasteiger partial charge in [-0.3, -0.25) is 4.79 Å². The first-order valence-corrected chi connectivity index (χ1v) is 6.61. The van der Waals surface area contributed by atoms with Crippen molar-refractivity contribution >= 4 is 36.4 Å². The van der Waals surface area contributed by atoms with E-state index < -0.39 is 0 Å². The standard InChI is InChI=1S/C14H19N3O.2ClH/c15-12-3-1-11(2-4-12)14(18)16-13-9-17-7-5-10(13)6-8-17;;/h1-4,10,13H,5-9,15H2,(H,16,18);2*1H. The Morgan fingerprint density at radius 2 is 1.75 bits per heavy atom. The van der Waals surface area contributed by atoms with Gasteiger partial charge in [-0.25, -0.2) is 0 Å². The molecule has 1 aromatic carbocycles. The zero-order chi connectivity index (χ0) is 12.5. The lowest BCUT2D eigenvalue weighted by molar-refractivity contribution is 0.0620. The van der Waals surface area contributed by atoms with Gasteiger partial charge in [0.25, 0.3) is 5.91 Å². The summed E-state index contributed by atoms with van der Waals surface area (Å²) in [5, 5.41) is 3.16. The number of hydrogen-bond donors (Lipinski definition) is 2. The van der Waals surface area contributed by atoms with Gasteiger partial charge in [-0.2, -0.15) is 0 Å². The topological polar surface area (TPSA) is 58.4 Å². The molecule has 20 heavy (non-hydrogen) atoms. The highest BCUT2D eigenvalue weighted by atomic mass is 35.5. The molecular formula is C14H21Cl2N3O. The quantitative estimate of drug-likeness (QED) is 0.819. The molecule has 112 valence electrons. The predicted molar refractivity (Wildman–Crippen MR) is 85.8 cm³/mol. The van der Waals surface area contributed by atoms with E-state index in [1.807, 2.05) is 0 Å². The largest absolute Gasteiger partial charge is 0.399 e. The Balaban J connectivity index is 0.000001000. The Morgan fingerprint density at radius 3 is 2.25 bits per heavy atom. The average molecular weight is 318 g/mol. The maximum Gasteiger partial charge on any atom is 0.251 e. The molecule has 1 atom stereocenters. The van der Waals surface area contributed by atoms with Crippen LogP contribution in [0.15, 0.2) is 24.3 Å². The molecule has 3 N–H and O–H groups in total. The molecule has 0 aromatic heterocycles. The van der Waals surface area contributed by atoms with Gasteiger partial charge in [-0.05, 0) is 56.1 Å². The van der Waals surface area contributed by atoms with E-state index in [9.17, 15) is 4.79 Å². The number of nitrogens with zero attached hydrogens (tertiary/aromatic N) is 1. The molecule has 0 saturated carbocycles. The Bertz CT molecular complexity index is 444. The first-order valence-electron chi connectivity index (χ1n) is 6.61. The minimum Gasteiger partial charge on any atom is -0.399 e. The third-order valence-corrected chi connectivity index (χ3v) is 4.15. The van der Waals surface area contributed by atoms with Gasteiger partial charge in [-0.15, -0.1) is 24.8 Å². The van der Waals surface area contributed by atoms with Crippen LogP contribution in [0.3, 0.4) is 0 Å². The number of carbonyl (C=O) groups is 1. The highest BCUT2D eigenvalue weighted by molar-refractivity contribution is 5.94. The summed E-state index contributed by atoms with van der Waals surface area (Å²) in [4.78, 5) is 14.6. The number of benzene rings is 1. The van der Waals surface area contributed by atoms with Crippen LogP contribution in [0.25, 0.3) is 0 Å². The number of fused-ring (bicyclic) bond motifs is 3. The van der Waals surface area contributed by atoms with Crippen molar-refractivity contribution in [3.63, 3.8) is 0 Å². The van der Waals surface area contributed by atoms with Gasteiger partial charge in [0.15, 0.2) is 0 Å². The number of nitrogen functional groups attached to an aromatic ring is 1. The van der Waals surface area contributed by atoms with E-state index in [1.54, 1.807) is 24.3 Å². The molecule has 4 nitrogen and oxygen atoms in total. The summed E-state index contributed by atoms with van der Waals surface area (Å²) in [6.45, 7) is 3.39. The lowest BCUT2D eigenvalue weighted by atomic mass is 9.84. The summed E-state index contributed by atoms with van der Waals surface area (Å²) < 4.78 is 0. The Kier molecular flexibility index (Phi) is 6.11. The molecule has 3 fully saturated rings. The van der Waals surface area contributed by atoms with Gasteiger partial charge in [0.2, 0.25) is 0 Å². The summed E-state index contributed by atoms with van der Waals surface area (Å²) >= 11 is 0. The van der Waals surface area contributed by atoms with Crippen molar-refractivity contribution in [3.05, 3.63) is 29.8 Å². The van der Waals surface area contributed by atoms with Gasteiger partial charge in [0, 0.05) is 23.8 Å². The molecule has 0 spiro atoms. The molecule has 1 unspecified atom stereocenters. The molecule has 0 aliphatic carbocycles. The smallest absolute Gasteiger partial charge is 0.251 e. The van der Waals surface area contributed by atoms with Crippen LogP contribution in [0.1, 0.15) is 23.2 Å². The van der Waals surface area contributed by atoms with E-state index in [1.165, 1.54) is 25.9 Å². The molecule has 3 heterocycles. The van der Waals surface area contributed by atoms with E-state index >= 15 is 0 Å². The van der Waals surface area contributed by atoms with Crippen molar-refractivity contribution in [1.82, 2.24) is 10.2 Å². The first-order chi connectivity index (χ1) is 8.72. The number of rotatable bonds is 2. The van der Waals surface area contributed by atoms with Crippen LogP contribution in [0, 0.1) is 5.92 Å². The van der Waals surface area contributed by atoms with Crippen LogP contribution in [0.2, 0.25) is 0 Å². The summed E-state index contributed by atoms with van der Waals surface area (Å²) in [5.41, 5.74) is 7.01. The number of hydrogen-bond acceptors (Lipinski definition) is 3. The van der Waals surface area contributed by atoms with E-state index in [0.29, 0.717) is 23.2 Å². The van der Waals surface area contributed by atoms with Crippen molar-refractivity contribution in [1.29, 1.82) is 0 Å². The second-order valence-electron chi connectivity index (χ2n) is 5.34. The van der Waals surface area contributed by atoms with Gasteiger partial charge in [-0.1, -0.05) is 0 Å². The molecule has 0 radical (unpaired) electrons. The third-order valence-electron chi connectivity index (χ3n) is 4.15. The second kappa shape index (κ2) is 7.16. The second-order valence-corrected chi connectivity index (χ2v) is 5.34. The first kappa shape index (κ1) is 17.1. The minimum absolute atomic E-state index is 0. The molecular weight excluding hydrogens is 297 g/mol. The molecule has 6 heteroatoms. The monoisotopic (exact) mass is 317 g/mol. The zero-order valence-corrected chi connectivity index (χ0v) is 12.9. The molecule has 4 rings (SSSR count). The van der Waals surface area contributed by atoms with Crippen LogP contribution in [0.5, 0.6) is 0 Å². The number of piperidine rings is 3. The summed E-state index contributed by atoms with van der Waals surface area (Å²) in [5.74, 6) is 0.682. The van der Waals surface area contributed by atoms with E-state index in [0.717, 1.165) is 6.54 Å². The van der Waals surface area contributed by atoms with Crippen LogP contribution in [-0.2, 0) is 0 Å². The summed E-state index contributed by atoms with van der Waals surface area (Å²) in [6.07, 6.45) is 2.43. The Labute approximate surface area is 131 Å². The third kappa shape index (κ3) is 3.57. The summed E-state index contributed by atoms with van der Waals surface area (Å²) in [6, 6.07) is 7.42. The van der Waals surface area contributed by atoms with Gasteiger partial charge < -0.3 is 16.0 Å². The van der Waals surface area contributed by atoms with Crippen molar-refractivity contribution in [2.45, 2.75) is 18.9 Å². The summed E-state index contributed by atoms with van der Waals surface area (Å²) in [7, 11) is 0. The number of nitrogens with two attached hydrogens (primary N) is 1.